The van der Waals surface area contributed by atoms with E-state index in [0.717, 1.165) is 13.1 Å². The van der Waals surface area contributed by atoms with E-state index in [-0.39, 0.29) is 10.7 Å². The molecule has 7 heteroatoms. The summed E-state index contributed by atoms with van der Waals surface area (Å²) in [6.45, 7) is 6.11. The highest BCUT2D eigenvalue weighted by molar-refractivity contribution is 7.91. The van der Waals surface area contributed by atoms with E-state index in [2.05, 4.69) is 23.1 Å². The van der Waals surface area contributed by atoms with Crippen molar-refractivity contribution in [3.05, 3.63) is 0 Å². The molecule has 2 heterocycles. The Kier molecular flexibility index (Phi) is 3.55. The van der Waals surface area contributed by atoms with Crippen molar-refractivity contribution in [3.8, 4) is 0 Å². The van der Waals surface area contributed by atoms with E-state index in [1.807, 2.05) is 0 Å². The van der Waals surface area contributed by atoms with E-state index in [0.29, 0.717) is 16.8 Å². The van der Waals surface area contributed by atoms with Gasteiger partial charge >= 0.3 is 0 Å². The number of anilines is 2. The summed E-state index contributed by atoms with van der Waals surface area (Å²) >= 11 is 1.19. The molecule has 0 bridgehead atoms. The molecule has 0 amide bonds. The Hall–Kier alpha value is -0.820. The van der Waals surface area contributed by atoms with Crippen molar-refractivity contribution in [2.75, 3.05) is 30.0 Å². The van der Waals surface area contributed by atoms with Crippen LogP contribution in [-0.2, 0) is 9.84 Å². The van der Waals surface area contributed by atoms with E-state index >= 15 is 0 Å². The van der Waals surface area contributed by atoms with Gasteiger partial charge < -0.3 is 10.6 Å². The van der Waals surface area contributed by atoms with Gasteiger partial charge in [-0.2, -0.15) is 4.37 Å². The number of nitrogens with two attached hydrogens (primary N) is 1. The summed E-state index contributed by atoms with van der Waals surface area (Å²) in [5.41, 5.74) is 5.70. The van der Waals surface area contributed by atoms with E-state index in [4.69, 9.17) is 5.73 Å². The van der Waals surface area contributed by atoms with Crippen molar-refractivity contribution in [1.82, 2.24) is 4.37 Å². The molecule has 1 aromatic heterocycles. The summed E-state index contributed by atoms with van der Waals surface area (Å²) in [5.74, 6) is 1.25. The van der Waals surface area contributed by atoms with Gasteiger partial charge in [-0.3, -0.25) is 0 Å². The highest BCUT2D eigenvalue weighted by atomic mass is 32.2. The first-order chi connectivity index (χ1) is 8.29. The zero-order valence-corrected chi connectivity index (χ0v) is 12.5. The molecule has 1 saturated heterocycles. The zero-order valence-electron chi connectivity index (χ0n) is 10.9. The summed E-state index contributed by atoms with van der Waals surface area (Å²) in [7, 11) is -3.32. The molecule has 102 valence electrons. The van der Waals surface area contributed by atoms with Crippen LogP contribution in [0.25, 0.3) is 0 Å². The molecule has 0 saturated carbocycles. The molecule has 18 heavy (non-hydrogen) atoms. The van der Waals surface area contributed by atoms with Crippen LogP contribution in [0, 0.1) is 11.8 Å². The lowest BCUT2D eigenvalue weighted by Gasteiger charge is -2.35. The lowest BCUT2D eigenvalue weighted by Crippen LogP contribution is -2.38. The fraction of sp³-hybridized carbons (Fsp3) is 0.727. The Morgan fingerprint density at radius 2 is 1.89 bits per heavy atom. The van der Waals surface area contributed by atoms with Gasteiger partial charge in [-0.1, -0.05) is 13.8 Å². The average molecular weight is 289 g/mol. The van der Waals surface area contributed by atoms with Crippen molar-refractivity contribution in [2.45, 2.75) is 25.2 Å². The second-order valence-electron chi connectivity index (χ2n) is 5.33. The molecule has 2 unspecified atom stereocenters. The third-order valence-electron chi connectivity index (χ3n) is 3.18. The van der Waals surface area contributed by atoms with Crippen LogP contribution in [0.4, 0.5) is 10.8 Å². The average Bonchev–Trinajstić information content (AvgIpc) is 2.57. The summed E-state index contributed by atoms with van der Waals surface area (Å²) in [4.78, 5) is 2.32. The smallest absolute Gasteiger partial charge is 0.182 e. The summed E-state index contributed by atoms with van der Waals surface area (Å²) in [5, 5.41) is 0.702. The summed E-state index contributed by atoms with van der Waals surface area (Å²) in [6.07, 6.45) is 2.37. The molecule has 0 aromatic carbocycles. The van der Waals surface area contributed by atoms with Crippen molar-refractivity contribution in [2.24, 2.45) is 11.8 Å². The monoisotopic (exact) mass is 289 g/mol. The number of aromatic nitrogens is 1. The van der Waals surface area contributed by atoms with Gasteiger partial charge in [0.25, 0.3) is 0 Å². The summed E-state index contributed by atoms with van der Waals surface area (Å²) in [6, 6.07) is 0. The van der Waals surface area contributed by atoms with Crippen LogP contribution < -0.4 is 10.6 Å². The predicted octanol–water partition coefficient (Wildman–Crippen LogP) is 1.61. The first-order valence-corrected chi connectivity index (χ1v) is 8.65. The van der Waals surface area contributed by atoms with Gasteiger partial charge in [-0.25, -0.2) is 8.42 Å². The topological polar surface area (TPSA) is 76.3 Å². The fourth-order valence-corrected chi connectivity index (χ4v) is 4.89. The predicted molar refractivity (Wildman–Crippen MR) is 74.8 cm³/mol. The molecule has 0 spiro atoms. The second-order valence-corrected chi connectivity index (χ2v) is 8.03. The first-order valence-electron chi connectivity index (χ1n) is 5.99. The first kappa shape index (κ1) is 13.6. The molecule has 1 aliphatic heterocycles. The third kappa shape index (κ3) is 2.61. The highest BCUT2D eigenvalue weighted by Gasteiger charge is 2.29. The molecule has 1 fully saturated rings. The van der Waals surface area contributed by atoms with E-state index in [1.54, 1.807) is 0 Å². The number of hydrogen-bond acceptors (Lipinski definition) is 6. The normalized spacial score (nSPS) is 25.4. The molecule has 1 aliphatic rings. The van der Waals surface area contributed by atoms with Crippen molar-refractivity contribution in [1.29, 1.82) is 0 Å². The Morgan fingerprint density at radius 3 is 2.39 bits per heavy atom. The number of hydrogen-bond donors (Lipinski definition) is 1. The van der Waals surface area contributed by atoms with Crippen molar-refractivity contribution >= 4 is 32.2 Å². The number of nitrogens with zero attached hydrogens (tertiary/aromatic N) is 2. The molecule has 2 atom stereocenters. The maximum atomic E-state index is 11.8. The molecule has 0 radical (unpaired) electrons. The van der Waals surface area contributed by atoms with Crippen LogP contribution in [0.1, 0.15) is 20.3 Å². The van der Waals surface area contributed by atoms with Crippen LogP contribution in [0.5, 0.6) is 0 Å². The molecule has 0 aliphatic carbocycles. The van der Waals surface area contributed by atoms with Crippen LogP contribution >= 0.6 is 11.5 Å². The van der Waals surface area contributed by atoms with E-state index in [1.165, 1.54) is 24.2 Å². The Morgan fingerprint density at radius 1 is 1.33 bits per heavy atom. The summed E-state index contributed by atoms with van der Waals surface area (Å²) < 4.78 is 27.6. The van der Waals surface area contributed by atoms with E-state index in [9.17, 15) is 8.42 Å². The number of rotatable bonds is 2. The minimum Gasteiger partial charge on any atom is -0.382 e. The lowest BCUT2D eigenvalue weighted by atomic mass is 9.92. The quantitative estimate of drug-likeness (QED) is 0.895. The van der Waals surface area contributed by atoms with Crippen LogP contribution in [0.15, 0.2) is 4.90 Å². The second kappa shape index (κ2) is 4.70. The maximum Gasteiger partial charge on any atom is 0.182 e. The minimum absolute atomic E-state index is 0.128. The highest BCUT2D eigenvalue weighted by Crippen LogP contribution is 2.37. The number of piperidine rings is 1. The molecular weight excluding hydrogens is 270 g/mol. The van der Waals surface area contributed by atoms with Crippen molar-refractivity contribution < 1.29 is 8.42 Å². The standard InChI is InChI=1S/C11H19N3O2S2/c1-7-4-8(2)6-14(5-7)11-9(18(3,15)16)10(12)13-17-11/h7-8H,4-6H2,1-3H3,(H2,12,13). The Labute approximate surface area is 112 Å². The lowest BCUT2D eigenvalue weighted by molar-refractivity contribution is 0.357. The molecule has 2 N–H and O–H groups in total. The van der Waals surface area contributed by atoms with Crippen molar-refractivity contribution in [3.63, 3.8) is 0 Å². The van der Waals surface area contributed by atoms with Gasteiger partial charge in [0.05, 0.1) is 0 Å². The minimum atomic E-state index is -3.32. The maximum absolute atomic E-state index is 11.8. The Bertz CT molecular complexity index is 528. The molecule has 1 aromatic rings. The number of sulfone groups is 1. The SMILES string of the molecule is CC1CC(C)CN(c2snc(N)c2S(C)(=O)=O)C1. The van der Waals surface area contributed by atoms with Gasteiger partial charge in [0.1, 0.15) is 9.90 Å². The van der Waals surface area contributed by atoms with Crippen LogP contribution in [0.2, 0.25) is 0 Å². The molecule has 5 nitrogen and oxygen atoms in total. The molecular formula is C11H19N3O2S2. The van der Waals surface area contributed by atoms with Crippen LogP contribution in [-0.4, -0.2) is 32.1 Å². The van der Waals surface area contributed by atoms with Gasteiger partial charge in [0, 0.05) is 19.3 Å². The Balaban J connectivity index is 2.40. The fourth-order valence-electron chi connectivity index (χ4n) is 2.66. The van der Waals surface area contributed by atoms with Gasteiger partial charge in [-0.05, 0) is 29.8 Å². The number of nitrogen functional groups attached to an aromatic ring is 1. The largest absolute Gasteiger partial charge is 0.382 e. The zero-order chi connectivity index (χ0) is 13.5. The van der Waals surface area contributed by atoms with Gasteiger partial charge in [-0.15, -0.1) is 0 Å². The molecule has 2 rings (SSSR count). The van der Waals surface area contributed by atoms with Gasteiger partial charge in [0.2, 0.25) is 0 Å². The third-order valence-corrected chi connectivity index (χ3v) is 5.38. The van der Waals surface area contributed by atoms with Gasteiger partial charge in [0.15, 0.2) is 15.7 Å². The van der Waals surface area contributed by atoms with Crippen LogP contribution in [0.3, 0.4) is 0 Å². The van der Waals surface area contributed by atoms with E-state index < -0.39 is 9.84 Å².